The lowest BCUT2D eigenvalue weighted by Gasteiger charge is -2.11. The monoisotopic (exact) mass is 468 g/mol. The summed E-state index contributed by atoms with van der Waals surface area (Å²) in [6.07, 6.45) is 2.62. The number of Topliss-reactive ketones (excluding diaryl/α,β-unsaturated/α-hetero) is 1. The van der Waals surface area contributed by atoms with Crippen molar-refractivity contribution >= 4 is 23.0 Å². The van der Waals surface area contributed by atoms with E-state index < -0.39 is 0 Å². The molecule has 0 spiro atoms. The molecular weight excluding hydrogens is 439 g/mol. The number of hydrogen-bond acceptors (Lipinski definition) is 6. The molecule has 6 nitrogen and oxygen atoms in total. The lowest BCUT2D eigenvalue weighted by Crippen LogP contribution is -2.16. The Morgan fingerprint density at radius 3 is 2.50 bits per heavy atom. The maximum absolute atomic E-state index is 14.2. The number of fused-ring (bicyclic) bond motifs is 1. The van der Waals surface area contributed by atoms with E-state index in [9.17, 15) is 14.3 Å². The predicted octanol–water partition coefficient (Wildman–Crippen LogP) is 5.38. The van der Waals surface area contributed by atoms with Gasteiger partial charge in [0.1, 0.15) is 11.6 Å². The van der Waals surface area contributed by atoms with E-state index in [-0.39, 0.29) is 29.7 Å². The van der Waals surface area contributed by atoms with Crippen LogP contribution >= 0.6 is 0 Å². The van der Waals surface area contributed by atoms with Crippen molar-refractivity contribution < 1.29 is 33.2 Å². The van der Waals surface area contributed by atoms with Crippen molar-refractivity contribution in [3.8, 4) is 17.2 Å². The fourth-order valence-corrected chi connectivity index (χ4v) is 4.56. The number of ether oxygens (including phenoxy) is 4. The van der Waals surface area contributed by atoms with Crippen molar-refractivity contribution in [1.29, 1.82) is 0 Å². The summed E-state index contributed by atoms with van der Waals surface area (Å²) in [5.41, 5.74) is 5.31. The molecule has 180 valence electrons. The smallest absolute Gasteiger partial charge is 0.200 e. The Kier molecular flexibility index (Phi) is 7.05. The standard InChI is InChI=1S/C27H29FO6/c1-15-21(8-6-19(29)13-20-14-33-16(2)34-20)24-12-18(28)5-7-22(24)23(15)9-17-10-25(31-3)27(30)26(11-17)32-4/h5,7,9-12,16,20,30H,6,8,13-14H2,1-4H3/b23-9-. The Balaban J connectivity index is 1.63. The van der Waals surface area contributed by atoms with Gasteiger partial charge >= 0.3 is 0 Å². The van der Waals surface area contributed by atoms with E-state index in [0.29, 0.717) is 37.4 Å². The second kappa shape index (κ2) is 9.99. The van der Waals surface area contributed by atoms with Crippen LogP contribution < -0.4 is 9.47 Å². The third-order valence-electron chi connectivity index (χ3n) is 6.28. The maximum Gasteiger partial charge on any atom is 0.200 e. The van der Waals surface area contributed by atoms with Gasteiger partial charge in [-0.3, -0.25) is 4.79 Å². The fraction of sp³-hybridized carbons (Fsp3) is 0.370. The number of aromatic hydroxyl groups is 1. The summed E-state index contributed by atoms with van der Waals surface area (Å²) in [4.78, 5) is 12.6. The Morgan fingerprint density at radius 2 is 1.88 bits per heavy atom. The van der Waals surface area contributed by atoms with Crippen molar-refractivity contribution in [2.45, 2.75) is 45.5 Å². The SMILES string of the molecule is COc1cc(/C=C2/C(C)=C(CCC(=O)CC3COC(C)O3)c3cc(F)ccc32)cc(OC)c1O. The number of allylic oxidation sites excluding steroid dienone is 3. The normalized spacial score (nSPS) is 20.7. The predicted molar refractivity (Wildman–Crippen MR) is 127 cm³/mol. The first-order valence-corrected chi connectivity index (χ1v) is 11.3. The number of rotatable bonds is 8. The van der Waals surface area contributed by atoms with Gasteiger partial charge in [0.2, 0.25) is 5.75 Å². The van der Waals surface area contributed by atoms with E-state index in [1.807, 2.05) is 19.9 Å². The maximum atomic E-state index is 14.2. The molecule has 1 N–H and O–H groups in total. The highest BCUT2D eigenvalue weighted by molar-refractivity contribution is 6.05. The Hall–Kier alpha value is -3.16. The van der Waals surface area contributed by atoms with Crippen LogP contribution in [0.1, 0.15) is 49.8 Å². The minimum atomic E-state index is -0.324. The van der Waals surface area contributed by atoms with Gasteiger partial charge in [0.05, 0.1) is 26.9 Å². The molecule has 1 heterocycles. The van der Waals surface area contributed by atoms with Crippen molar-refractivity contribution in [1.82, 2.24) is 0 Å². The third kappa shape index (κ3) is 4.86. The van der Waals surface area contributed by atoms with Gasteiger partial charge in [0.15, 0.2) is 17.8 Å². The highest BCUT2D eigenvalue weighted by atomic mass is 19.1. The lowest BCUT2D eigenvalue weighted by molar-refractivity contribution is -0.121. The van der Waals surface area contributed by atoms with E-state index in [1.165, 1.54) is 26.4 Å². The summed E-state index contributed by atoms with van der Waals surface area (Å²) in [6.45, 7) is 4.22. The Bertz CT molecular complexity index is 1140. The topological polar surface area (TPSA) is 74.2 Å². The molecule has 2 aliphatic rings. The molecule has 2 aromatic carbocycles. The van der Waals surface area contributed by atoms with Gasteiger partial charge in [-0.25, -0.2) is 4.39 Å². The first kappa shape index (κ1) is 24.0. The van der Waals surface area contributed by atoms with Gasteiger partial charge in [0, 0.05) is 12.8 Å². The molecule has 2 unspecified atom stereocenters. The number of hydrogen-bond donors (Lipinski definition) is 1. The number of halogens is 1. The van der Waals surface area contributed by atoms with E-state index in [0.717, 1.165) is 33.4 Å². The van der Waals surface area contributed by atoms with Crippen molar-refractivity contribution in [3.05, 3.63) is 58.4 Å². The van der Waals surface area contributed by atoms with Crippen LogP contribution in [0, 0.1) is 5.82 Å². The number of carbonyl (C=O) groups is 1. The number of benzene rings is 2. The molecule has 4 rings (SSSR count). The zero-order chi connectivity index (χ0) is 24.4. The minimum absolute atomic E-state index is 0.0708. The lowest BCUT2D eigenvalue weighted by atomic mass is 9.98. The van der Waals surface area contributed by atoms with Crippen molar-refractivity contribution in [3.63, 3.8) is 0 Å². The number of phenolic OH excluding ortho intramolecular Hbond substituents is 1. The average Bonchev–Trinajstić information content (AvgIpc) is 3.33. The quantitative estimate of drug-likeness (QED) is 0.561. The van der Waals surface area contributed by atoms with Crippen LogP contribution in [0.15, 0.2) is 35.9 Å². The summed E-state index contributed by atoms with van der Waals surface area (Å²) in [5, 5.41) is 10.2. The van der Waals surface area contributed by atoms with Gasteiger partial charge in [-0.05, 0) is 84.0 Å². The van der Waals surface area contributed by atoms with Crippen LogP contribution in [0.5, 0.6) is 17.2 Å². The molecule has 0 saturated carbocycles. The molecule has 0 amide bonds. The summed E-state index contributed by atoms with van der Waals surface area (Å²) in [6, 6.07) is 8.15. The highest BCUT2D eigenvalue weighted by Crippen LogP contribution is 2.45. The Morgan fingerprint density at radius 1 is 1.18 bits per heavy atom. The third-order valence-corrected chi connectivity index (χ3v) is 6.28. The van der Waals surface area contributed by atoms with Gasteiger partial charge in [-0.15, -0.1) is 0 Å². The van der Waals surface area contributed by atoms with Crippen LogP contribution in [-0.2, 0) is 14.3 Å². The van der Waals surface area contributed by atoms with Gasteiger partial charge in [-0.1, -0.05) is 6.07 Å². The van der Waals surface area contributed by atoms with Crippen LogP contribution in [0.4, 0.5) is 4.39 Å². The van der Waals surface area contributed by atoms with Crippen LogP contribution in [0.2, 0.25) is 0 Å². The largest absolute Gasteiger partial charge is 0.502 e. The van der Waals surface area contributed by atoms with E-state index >= 15 is 0 Å². The van der Waals surface area contributed by atoms with Crippen LogP contribution in [0.25, 0.3) is 17.2 Å². The molecule has 0 radical (unpaired) electrons. The van der Waals surface area contributed by atoms with E-state index in [2.05, 4.69) is 0 Å². The number of phenols is 1. The summed E-state index contributed by atoms with van der Waals surface area (Å²) >= 11 is 0. The van der Waals surface area contributed by atoms with Crippen molar-refractivity contribution in [2.75, 3.05) is 20.8 Å². The number of methoxy groups -OCH3 is 2. The molecule has 7 heteroatoms. The fourth-order valence-electron chi connectivity index (χ4n) is 4.56. The molecule has 1 fully saturated rings. The Labute approximate surface area is 198 Å². The molecule has 0 aromatic heterocycles. The second-order valence-corrected chi connectivity index (χ2v) is 8.53. The molecule has 1 saturated heterocycles. The highest BCUT2D eigenvalue weighted by Gasteiger charge is 2.27. The molecule has 1 aliphatic heterocycles. The average molecular weight is 469 g/mol. The first-order valence-electron chi connectivity index (χ1n) is 11.3. The summed E-state index contributed by atoms with van der Waals surface area (Å²) < 4.78 is 35.7. The van der Waals surface area contributed by atoms with Gasteiger partial charge in [0.25, 0.3) is 0 Å². The molecule has 2 aromatic rings. The van der Waals surface area contributed by atoms with Crippen molar-refractivity contribution in [2.24, 2.45) is 0 Å². The zero-order valence-electron chi connectivity index (χ0n) is 19.8. The minimum Gasteiger partial charge on any atom is -0.502 e. The number of ketones is 1. The molecular formula is C27H29FO6. The summed E-state index contributed by atoms with van der Waals surface area (Å²) in [7, 11) is 2.95. The summed E-state index contributed by atoms with van der Waals surface area (Å²) in [5.74, 6) is 0.284. The van der Waals surface area contributed by atoms with Crippen LogP contribution in [-0.4, -0.2) is 44.1 Å². The van der Waals surface area contributed by atoms with E-state index in [1.54, 1.807) is 18.2 Å². The molecule has 1 aliphatic carbocycles. The number of carbonyl (C=O) groups excluding carboxylic acids is 1. The second-order valence-electron chi connectivity index (χ2n) is 8.53. The van der Waals surface area contributed by atoms with Gasteiger partial charge < -0.3 is 24.1 Å². The zero-order valence-corrected chi connectivity index (χ0v) is 19.8. The molecule has 0 bridgehead atoms. The van der Waals surface area contributed by atoms with E-state index in [4.69, 9.17) is 18.9 Å². The van der Waals surface area contributed by atoms with Crippen LogP contribution in [0.3, 0.4) is 0 Å². The first-order chi connectivity index (χ1) is 16.3. The van der Waals surface area contributed by atoms with Gasteiger partial charge in [-0.2, -0.15) is 0 Å². The molecule has 34 heavy (non-hydrogen) atoms. The molecule has 2 atom stereocenters.